The maximum Gasteiger partial charge on any atom is 0.322 e. The van der Waals surface area contributed by atoms with Gasteiger partial charge in [0.2, 0.25) is 10.0 Å². The predicted octanol–water partition coefficient (Wildman–Crippen LogP) is 3.62. The zero-order valence-corrected chi connectivity index (χ0v) is 18.8. The Morgan fingerprint density at radius 1 is 1.19 bits per heavy atom. The molecule has 0 aliphatic rings. The Hall–Kier alpha value is -3.35. The topological polar surface area (TPSA) is 128 Å². The van der Waals surface area contributed by atoms with Crippen molar-refractivity contribution in [2.45, 2.75) is 31.3 Å². The average Bonchev–Trinajstić information content (AvgIpc) is 3.51. The monoisotopic (exact) mass is 469 g/mol. The van der Waals surface area contributed by atoms with Gasteiger partial charge in [0.25, 0.3) is 0 Å². The summed E-state index contributed by atoms with van der Waals surface area (Å²) < 4.78 is 44.7. The number of fused-ring (bicyclic) bond motifs is 2. The van der Waals surface area contributed by atoms with E-state index in [0.29, 0.717) is 29.2 Å². The summed E-state index contributed by atoms with van der Waals surface area (Å²) in [4.78, 5) is 3.22. The van der Waals surface area contributed by atoms with Gasteiger partial charge in [-0.1, -0.05) is 11.2 Å². The number of hydrogen-bond donors (Lipinski definition) is 2. The Kier molecular flexibility index (Phi) is 5.12. The fourth-order valence-corrected chi connectivity index (χ4v) is 5.50. The summed E-state index contributed by atoms with van der Waals surface area (Å²) in [6.07, 6.45) is 1.86. The molecule has 0 amide bonds. The van der Waals surface area contributed by atoms with Gasteiger partial charge in [0, 0.05) is 24.3 Å². The number of rotatable bonds is 7. The number of nitrogens with zero attached hydrogens (tertiary/aromatic N) is 5. The van der Waals surface area contributed by atoms with Crippen LogP contribution < -0.4 is 9.46 Å². The van der Waals surface area contributed by atoms with Crippen molar-refractivity contribution in [2.24, 2.45) is 0 Å². The summed E-state index contributed by atoms with van der Waals surface area (Å²) in [7, 11) is -3.87. The Morgan fingerprint density at radius 2 is 2.06 bits per heavy atom. The van der Waals surface area contributed by atoms with E-state index >= 15 is 0 Å². The molecule has 164 valence electrons. The van der Waals surface area contributed by atoms with Crippen LogP contribution in [0.3, 0.4) is 0 Å². The average molecular weight is 470 g/mol. The van der Waals surface area contributed by atoms with Crippen LogP contribution in [0.5, 0.6) is 11.8 Å². The lowest BCUT2D eigenvalue weighted by atomic mass is 10.2. The highest BCUT2D eigenvalue weighted by Crippen LogP contribution is 2.27. The molecule has 0 bridgehead atoms. The molecule has 5 rings (SSSR count). The second-order valence-corrected chi connectivity index (χ2v) is 9.36. The van der Waals surface area contributed by atoms with E-state index < -0.39 is 16.1 Å². The van der Waals surface area contributed by atoms with E-state index in [0.717, 1.165) is 22.6 Å². The molecule has 12 heteroatoms. The molecule has 0 aliphatic carbocycles. The first kappa shape index (κ1) is 20.5. The first-order valence-electron chi connectivity index (χ1n) is 9.88. The third kappa shape index (κ3) is 3.61. The highest BCUT2D eigenvalue weighted by Gasteiger charge is 2.26. The SMILES string of the molecule is CCn1c(Oc2ccc3cc[nH]c3c2)nnc1[C@@H](C)NS(=O)(=O)c1cccc2nsnc12. The van der Waals surface area contributed by atoms with Crippen LogP contribution in [0.25, 0.3) is 21.9 Å². The van der Waals surface area contributed by atoms with Crippen molar-refractivity contribution < 1.29 is 13.2 Å². The Balaban J connectivity index is 1.42. The molecule has 0 radical (unpaired) electrons. The van der Waals surface area contributed by atoms with Crippen LogP contribution in [0.2, 0.25) is 0 Å². The molecule has 2 aromatic carbocycles. The van der Waals surface area contributed by atoms with E-state index in [4.69, 9.17) is 4.74 Å². The Bertz CT molecular complexity index is 1520. The summed E-state index contributed by atoms with van der Waals surface area (Å²) >= 11 is 0.972. The molecule has 32 heavy (non-hydrogen) atoms. The summed E-state index contributed by atoms with van der Waals surface area (Å²) in [6.45, 7) is 4.12. The fourth-order valence-electron chi connectivity index (χ4n) is 3.54. The largest absolute Gasteiger partial charge is 0.424 e. The summed E-state index contributed by atoms with van der Waals surface area (Å²) in [5.74, 6) is 1.04. The fraction of sp³-hybridized carbons (Fsp3) is 0.200. The first-order valence-corrected chi connectivity index (χ1v) is 12.1. The van der Waals surface area contributed by atoms with Gasteiger partial charge in [0.05, 0.1) is 17.8 Å². The van der Waals surface area contributed by atoms with E-state index in [-0.39, 0.29) is 10.9 Å². The molecule has 0 saturated carbocycles. The molecule has 5 aromatic rings. The molecular formula is C20H19N7O3S2. The maximum atomic E-state index is 13.1. The van der Waals surface area contributed by atoms with Crippen molar-refractivity contribution in [3.05, 3.63) is 54.5 Å². The van der Waals surface area contributed by atoms with Crippen LogP contribution in [0, 0.1) is 0 Å². The number of aromatic nitrogens is 6. The van der Waals surface area contributed by atoms with E-state index in [1.807, 2.05) is 37.4 Å². The van der Waals surface area contributed by atoms with Gasteiger partial charge in [-0.25, -0.2) is 13.1 Å². The molecule has 2 N–H and O–H groups in total. The quantitative estimate of drug-likeness (QED) is 0.373. The molecule has 0 fully saturated rings. The van der Waals surface area contributed by atoms with Gasteiger partial charge >= 0.3 is 6.01 Å². The zero-order valence-electron chi connectivity index (χ0n) is 17.2. The summed E-state index contributed by atoms with van der Waals surface area (Å²) in [5, 5.41) is 9.41. The minimum Gasteiger partial charge on any atom is -0.424 e. The summed E-state index contributed by atoms with van der Waals surface area (Å²) in [6, 6.07) is 12.1. The molecule has 3 aromatic heterocycles. The van der Waals surface area contributed by atoms with Crippen molar-refractivity contribution in [3.63, 3.8) is 0 Å². The molecule has 0 unspecified atom stereocenters. The molecule has 0 spiro atoms. The van der Waals surface area contributed by atoms with Gasteiger partial charge in [0.15, 0.2) is 5.82 Å². The maximum absolute atomic E-state index is 13.1. The number of sulfonamides is 1. The number of H-pyrrole nitrogens is 1. The molecule has 0 saturated heterocycles. The van der Waals surface area contributed by atoms with Gasteiger partial charge in [-0.3, -0.25) is 4.57 Å². The van der Waals surface area contributed by atoms with Gasteiger partial charge in [0.1, 0.15) is 21.7 Å². The lowest BCUT2D eigenvalue weighted by Gasteiger charge is -2.15. The smallest absolute Gasteiger partial charge is 0.322 e. The van der Waals surface area contributed by atoms with Gasteiger partial charge in [-0.2, -0.15) is 8.75 Å². The lowest BCUT2D eigenvalue weighted by Crippen LogP contribution is -2.29. The molecule has 1 atom stereocenters. The molecular weight excluding hydrogens is 450 g/mol. The minimum atomic E-state index is -3.87. The van der Waals surface area contributed by atoms with Crippen LogP contribution in [0.4, 0.5) is 0 Å². The normalized spacial score (nSPS) is 13.1. The van der Waals surface area contributed by atoms with Crippen molar-refractivity contribution in [2.75, 3.05) is 0 Å². The standard InChI is InChI=1S/C20H19N7O3S2/c1-3-27-19(22-23-20(27)30-14-8-7-13-9-10-21-16(13)11-14)12(2)26-32(28,29)17-6-4-5-15-18(17)25-31-24-15/h4-12,21,26H,3H2,1-2H3/t12-/m1/s1. The predicted molar refractivity (Wildman–Crippen MR) is 120 cm³/mol. The number of nitrogens with one attached hydrogen (secondary N) is 2. The minimum absolute atomic E-state index is 0.0777. The van der Waals surface area contributed by atoms with Gasteiger partial charge < -0.3 is 9.72 Å². The second-order valence-electron chi connectivity index (χ2n) is 7.14. The summed E-state index contributed by atoms with van der Waals surface area (Å²) in [5.41, 5.74) is 1.83. The van der Waals surface area contributed by atoms with Crippen molar-refractivity contribution >= 4 is 43.7 Å². The third-order valence-electron chi connectivity index (χ3n) is 5.06. The third-order valence-corrected chi connectivity index (χ3v) is 7.17. The van der Waals surface area contributed by atoms with Crippen LogP contribution in [0.15, 0.2) is 53.6 Å². The highest BCUT2D eigenvalue weighted by molar-refractivity contribution is 7.89. The number of aromatic amines is 1. The number of benzene rings is 2. The van der Waals surface area contributed by atoms with Crippen molar-refractivity contribution in [1.82, 2.24) is 33.2 Å². The van der Waals surface area contributed by atoms with Crippen LogP contribution in [0.1, 0.15) is 25.7 Å². The number of hydrogen-bond acceptors (Lipinski definition) is 8. The van der Waals surface area contributed by atoms with Crippen LogP contribution in [-0.4, -0.2) is 36.9 Å². The van der Waals surface area contributed by atoms with Crippen LogP contribution in [-0.2, 0) is 16.6 Å². The van der Waals surface area contributed by atoms with Gasteiger partial charge in [-0.05, 0) is 49.6 Å². The van der Waals surface area contributed by atoms with E-state index in [1.165, 1.54) is 6.07 Å². The molecule has 3 heterocycles. The highest BCUT2D eigenvalue weighted by atomic mass is 32.2. The second kappa shape index (κ2) is 7.97. The number of ether oxygens (including phenoxy) is 1. The Labute approximate surface area is 187 Å². The lowest BCUT2D eigenvalue weighted by molar-refractivity contribution is 0.408. The van der Waals surface area contributed by atoms with Crippen molar-refractivity contribution in [1.29, 1.82) is 0 Å². The van der Waals surface area contributed by atoms with Gasteiger partial charge in [-0.15, -0.1) is 5.10 Å². The first-order chi connectivity index (χ1) is 15.5. The van der Waals surface area contributed by atoms with E-state index in [9.17, 15) is 8.42 Å². The van der Waals surface area contributed by atoms with E-state index in [2.05, 4.69) is 28.7 Å². The Morgan fingerprint density at radius 3 is 2.91 bits per heavy atom. The zero-order chi connectivity index (χ0) is 22.3. The van der Waals surface area contributed by atoms with E-state index in [1.54, 1.807) is 23.6 Å². The van der Waals surface area contributed by atoms with Crippen LogP contribution >= 0.6 is 11.7 Å². The van der Waals surface area contributed by atoms with Crippen molar-refractivity contribution in [3.8, 4) is 11.8 Å². The molecule has 0 aliphatic heterocycles. The molecule has 10 nitrogen and oxygen atoms in total.